The Kier molecular flexibility index (Phi) is 5.58. The summed E-state index contributed by atoms with van der Waals surface area (Å²) < 4.78 is 57.6. The summed E-state index contributed by atoms with van der Waals surface area (Å²) in [7, 11) is 0. The predicted octanol–water partition coefficient (Wildman–Crippen LogP) is 3.01. The summed E-state index contributed by atoms with van der Waals surface area (Å²) >= 11 is 5.63. The van der Waals surface area contributed by atoms with Crippen molar-refractivity contribution in [2.75, 3.05) is 36.2 Å². The second kappa shape index (κ2) is 8.37. The van der Waals surface area contributed by atoms with Crippen LogP contribution in [0.2, 0.25) is 0 Å². The third-order valence-electron chi connectivity index (χ3n) is 6.21. The molecule has 0 aromatic heterocycles. The molecule has 1 amide bonds. The molecule has 0 radical (unpaired) electrons. The third kappa shape index (κ3) is 3.67. The number of nitrogens with zero attached hydrogens (tertiary/aromatic N) is 3. The van der Waals surface area contributed by atoms with Crippen LogP contribution in [0.3, 0.4) is 0 Å². The van der Waals surface area contributed by atoms with Crippen LogP contribution in [-0.4, -0.2) is 54.2 Å². The van der Waals surface area contributed by atoms with Gasteiger partial charge in [-0.05, 0) is 42.5 Å². The Labute approximate surface area is 203 Å². The van der Waals surface area contributed by atoms with Crippen LogP contribution in [0.4, 0.5) is 24.5 Å². The molecule has 2 aromatic carbocycles. The number of nitriles is 1. The van der Waals surface area contributed by atoms with Crippen LogP contribution in [0.15, 0.2) is 36.4 Å². The molecule has 12 heteroatoms. The Morgan fingerprint density at radius 3 is 2.63 bits per heavy atom. The number of halogens is 3. The lowest BCUT2D eigenvalue weighted by Gasteiger charge is -2.32. The van der Waals surface area contributed by atoms with E-state index in [0.29, 0.717) is 17.2 Å². The summed E-state index contributed by atoms with van der Waals surface area (Å²) in [5, 5.41) is 18.4. The first-order valence-electron chi connectivity index (χ1n) is 10.6. The molecule has 8 nitrogen and oxygen atoms in total. The van der Waals surface area contributed by atoms with E-state index in [1.807, 2.05) is 0 Å². The third-order valence-corrected chi connectivity index (χ3v) is 6.57. The van der Waals surface area contributed by atoms with Gasteiger partial charge in [-0.25, -0.2) is 0 Å². The van der Waals surface area contributed by atoms with Gasteiger partial charge >= 0.3 is 6.18 Å². The van der Waals surface area contributed by atoms with Gasteiger partial charge in [-0.15, -0.1) is 0 Å². The Hall–Kier alpha value is -3.40. The first-order chi connectivity index (χ1) is 16.7. The van der Waals surface area contributed by atoms with Crippen molar-refractivity contribution in [3.05, 3.63) is 47.5 Å². The van der Waals surface area contributed by atoms with Crippen molar-refractivity contribution < 1.29 is 37.3 Å². The second-order valence-corrected chi connectivity index (χ2v) is 8.66. The highest BCUT2D eigenvalue weighted by Crippen LogP contribution is 2.45. The lowest BCUT2D eigenvalue weighted by molar-refractivity contribution is -0.137. The van der Waals surface area contributed by atoms with Gasteiger partial charge in [-0.2, -0.15) is 18.4 Å². The van der Waals surface area contributed by atoms with E-state index in [1.165, 1.54) is 12.1 Å². The molecule has 3 aliphatic rings. The minimum absolute atomic E-state index is 0.00803. The topological polar surface area (TPSA) is 95.3 Å². The van der Waals surface area contributed by atoms with Gasteiger partial charge in [0.25, 0.3) is 5.91 Å². The number of ether oxygens (including phenoxy) is 3. The molecular weight excluding hydrogens is 487 g/mol. The van der Waals surface area contributed by atoms with Crippen molar-refractivity contribution in [1.29, 1.82) is 5.26 Å². The van der Waals surface area contributed by atoms with Crippen molar-refractivity contribution in [1.82, 2.24) is 0 Å². The van der Waals surface area contributed by atoms with Crippen LogP contribution >= 0.6 is 12.2 Å². The van der Waals surface area contributed by atoms with Crippen LogP contribution in [0, 0.1) is 11.3 Å². The summed E-state index contributed by atoms with van der Waals surface area (Å²) in [5.41, 5.74) is -2.57. The largest absolute Gasteiger partial charge is 0.486 e. The summed E-state index contributed by atoms with van der Waals surface area (Å²) in [6, 6.07) is 9.49. The zero-order valence-corrected chi connectivity index (χ0v) is 18.9. The average Bonchev–Trinajstić information content (AvgIpc) is 3.41. The van der Waals surface area contributed by atoms with Gasteiger partial charge in [0, 0.05) is 24.8 Å². The molecule has 1 spiro atoms. The van der Waals surface area contributed by atoms with Crippen molar-refractivity contribution in [3.63, 3.8) is 0 Å². The van der Waals surface area contributed by atoms with Crippen LogP contribution in [-0.2, 0) is 15.7 Å². The Balaban J connectivity index is 1.58. The van der Waals surface area contributed by atoms with E-state index in [4.69, 9.17) is 31.7 Å². The van der Waals surface area contributed by atoms with Gasteiger partial charge in [0.2, 0.25) is 0 Å². The van der Waals surface area contributed by atoms with Gasteiger partial charge < -0.3 is 24.2 Å². The van der Waals surface area contributed by atoms with Gasteiger partial charge in [-0.1, -0.05) is 0 Å². The van der Waals surface area contributed by atoms with Crippen LogP contribution in [0.25, 0.3) is 0 Å². The highest BCUT2D eigenvalue weighted by Gasteiger charge is 2.58. The van der Waals surface area contributed by atoms with E-state index in [2.05, 4.69) is 0 Å². The quantitative estimate of drug-likeness (QED) is 0.637. The fourth-order valence-corrected chi connectivity index (χ4v) is 4.96. The number of alkyl halides is 3. The van der Waals surface area contributed by atoms with Crippen molar-refractivity contribution >= 4 is 34.6 Å². The van der Waals surface area contributed by atoms with E-state index < -0.39 is 34.9 Å². The molecule has 2 aromatic rings. The number of rotatable bonds is 3. The number of carbonyl (C=O) groups is 1. The fourth-order valence-electron chi connectivity index (χ4n) is 4.49. The summed E-state index contributed by atoms with van der Waals surface area (Å²) in [6.07, 6.45) is -5.03. The molecular formula is C23H18F3N3O5S. The number of anilines is 2. The van der Waals surface area contributed by atoms with Crippen LogP contribution in [0.1, 0.15) is 17.5 Å². The zero-order valence-electron chi connectivity index (χ0n) is 18.0. The van der Waals surface area contributed by atoms with Gasteiger partial charge in [0.05, 0.1) is 36.1 Å². The van der Waals surface area contributed by atoms with Gasteiger partial charge in [0.15, 0.2) is 28.3 Å². The molecule has 5 rings (SSSR count). The second-order valence-electron chi connectivity index (χ2n) is 8.30. The minimum atomic E-state index is -4.79. The maximum Gasteiger partial charge on any atom is 0.417 e. The van der Waals surface area contributed by atoms with Crippen LogP contribution < -0.4 is 19.3 Å². The predicted molar refractivity (Wildman–Crippen MR) is 120 cm³/mol. The molecule has 1 N–H and O–H groups in total. The van der Waals surface area contributed by atoms with E-state index in [-0.39, 0.29) is 43.6 Å². The number of hydrogen-bond donors (Lipinski definition) is 1. The number of fused-ring (bicyclic) bond motifs is 1. The molecule has 3 heterocycles. The highest BCUT2D eigenvalue weighted by molar-refractivity contribution is 7.81. The lowest BCUT2D eigenvalue weighted by atomic mass is 9.95. The zero-order chi connectivity index (χ0) is 25.0. The summed E-state index contributed by atoms with van der Waals surface area (Å²) in [4.78, 5) is 16.3. The molecule has 0 aliphatic carbocycles. The first kappa shape index (κ1) is 23.3. The van der Waals surface area contributed by atoms with Gasteiger partial charge in [0.1, 0.15) is 6.61 Å². The van der Waals surface area contributed by atoms with Crippen molar-refractivity contribution in [2.24, 2.45) is 0 Å². The molecule has 0 bridgehead atoms. The lowest BCUT2D eigenvalue weighted by Crippen LogP contribution is -2.50. The van der Waals surface area contributed by atoms with E-state index >= 15 is 0 Å². The number of amides is 1. The standard InChI is InChI=1S/C23H18F3N3O5S/c24-23(25,26)17-7-14(2-1-13(17)9-27)28-20(31)22(5-6-32-12-22)29(21(28)35)15-3-4-18-19(8-15)33-11-16(10-30)34-18/h1-4,7-8,16,30H,5-6,10-12H2/t16-,22-/m1/s1. The highest BCUT2D eigenvalue weighted by atomic mass is 32.1. The SMILES string of the molecule is N#Cc1ccc(N2C(=O)[C@]3(CCOC3)N(c3ccc4c(c3)OC[C@@H](CO)O4)C2=S)cc1C(F)(F)F. The molecule has 0 unspecified atom stereocenters. The molecule has 182 valence electrons. The number of thiocarbonyl (C=S) groups is 1. The Morgan fingerprint density at radius 2 is 1.97 bits per heavy atom. The van der Waals surface area contributed by atoms with E-state index in [1.54, 1.807) is 23.1 Å². The summed E-state index contributed by atoms with van der Waals surface area (Å²) in [5.74, 6) is 0.270. The van der Waals surface area contributed by atoms with Gasteiger partial charge in [-0.3, -0.25) is 9.69 Å². The van der Waals surface area contributed by atoms with E-state index in [9.17, 15) is 23.1 Å². The molecule has 0 saturated carbocycles. The van der Waals surface area contributed by atoms with Crippen molar-refractivity contribution in [2.45, 2.75) is 24.2 Å². The molecule has 2 saturated heterocycles. The van der Waals surface area contributed by atoms with Crippen LogP contribution in [0.5, 0.6) is 11.5 Å². The maximum absolute atomic E-state index is 13.7. The molecule has 2 atom stereocenters. The number of benzene rings is 2. The summed E-state index contributed by atoms with van der Waals surface area (Å²) in [6.45, 7) is 0.169. The Morgan fingerprint density at radius 1 is 1.20 bits per heavy atom. The Bertz CT molecular complexity index is 1260. The normalized spacial score (nSPS) is 23.8. The average molecular weight is 505 g/mol. The molecule has 2 fully saturated rings. The number of aliphatic hydroxyl groups excluding tert-OH is 1. The van der Waals surface area contributed by atoms with Crippen molar-refractivity contribution in [3.8, 4) is 17.6 Å². The fraction of sp³-hybridized carbons (Fsp3) is 0.348. The maximum atomic E-state index is 13.7. The minimum Gasteiger partial charge on any atom is -0.486 e. The number of carbonyl (C=O) groups excluding carboxylic acids is 1. The molecule has 35 heavy (non-hydrogen) atoms. The molecule has 3 aliphatic heterocycles. The first-order valence-corrected chi connectivity index (χ1v) is 11.0. The number of hydrogen-bond acceptors (Lipinski definition) is 7. The smallest absolute Gasteiger partial charge is 0.417 e. The monoisotopic (exact) mass is 505 g/mol. The number of aliphatic hydroxyl groups is 1. The van der Waals surface area contributed by atoms with E-state index in [0.717, 1.165) is 17.0 Å².